The zero-order valence-corrected chi connectivity index (χ0v) is 11.2. The summed E-state index contributed by atoms with van der Waals surface area (Å²) in [6.45, 7) is 1.14. The fourth-order valence-electron chi connectivity index (χ4n) is 3.17. The molecule has 0 aromatic carbocycles. The van der Waals surface area contributed by atoms with E-state index in [1.165, 1.54) is 49.2 Å². The molecule has 2 heterocycles. The van der Waals surface area contributed by atoms with Crippen LogP contribution in [0.15, 0.2) is 12.1 Å². The summed E-state index contributed by atoms with van der Waals surface area (Å²) in [7, 11) is 2.15. The molecule has 0 spiro atoms. The van der Waals surface area contributed by atoms with Crippen LogP contribution in [0.25, 0.3) is 0 Å². The van der Waals surface area contributed by atoms with Gasteiger partial charge < -0.3 is 10.6 Å². The van der Waals surface area contributed by atoms with Crippen LogP contribution in [0, 0.1) is 5.92 Å². The lowest BCUT2D eigenvalue weighted by atomic mass is 9.78. The van der Waals surface area contributed by atoms with E-state index < -0.39 is 0 Å². The third-order valence-corrected chi connectivity index (χ3v) is 4.40. The molecular formula is C15H23N3. The fourth-order valence-corrected chi connectivity index (χ4v) is 3.17. The van der Waals surface area contributed by atoms with Gasteiger partial charge in [0.15, 0.2) is 0 Å². The van der Waals surface area contributed by atoms with Crippen LogP contribution in [0.1, 0.15) is 36.9 Å². The first-order valence-electron chi connectivity index (χ1n) is 7.18. The molecule has 0 bridgehead atoms. The van der Waals surface area contributed by atoms with E-state index in [4.69, 9.17) is 10.7 Å². The summed E-state index contributed by atoms with van der Waals surface area (Å²) in [5.74, 6) is 2.06. The van der Waals surface area contributed by atoms with Crippen molar-refractivity contribution in [2.75, 3.05) is 18.5 Å². The largest absolute Gasteiger partial charge is 0.359 e. The van der Waals surface area contributed by atoms with E-state index in [0.717, 1.165) is 18.9 Å². The molecule has 3 heteroatoms. The molecule has 0 saturated heterocycles. The number of nitrogens with zero attached hydrogens (tertiary/aromatic N) is 2. The quantitative estimate of drug-likeness (QED) is 0.887. The number of rotatable bonds is 3. The van der Waals surface area contributed by atoms with E-state index in [2.05, 4.69) is 24.1 Å². The molecule has 2 aliphatic rings. The smallest absolute Gasteiger partial charge is 0.131 e. The number of hydrogen-bond donors (Lipinski definition) is 1. The van der Waals surface area contributed by atoms with Crippen molar-refractivity contribution in [3.05, 3.63) is 23.4 Å². The maximum absolute atomic E-state index is 5.82. The van der Waals surface area contributed by atoms with Gasteiger partial charge in [0.25, 0.3) is 0 Å². The summed E-state index contributed by atoms with van der Waals surface area (Å²) >= 11 is 0. The summed E-state index contributed by atoms with van der Waals surface area (Å²) in [4.78, 5) is 7.13. The number of anilines is 1. The maximum atomic E-state index is 5.82. The predicted molar refractivity (Wildman–Crippen MR) is 74.8 cm³/mol. The Hall–Kier alpha value is -1.09. The number of aryl methyl sites for hydroxylation is 2. The van der Waals surface area contributed by atoms with Gasteiger partial charge in [0, 0.05) is 25.3 Å². The minimum atomic E-state index is 0.470. The van der Waals surface area contributed by atoms with Gasteiger partial charge in [-0.05, 0) is 56.1 Å². The SMILES string of the molecule is CN1CCCc2ccc(CCC3CC(N)C3)nc21. The van der Waals surface area contributed by atoms with E-state index >= 15 is 0 Å². The van der Waals surface area contributed by atoms with Crippen molar-refractivity contribution in [1.82, 2.24) is 4.98 Å². The Balaban J connectivity index is 1.64. The Morgan fingerprint density at radius 2 is 2.22 bits per heavy atom. The molecule has 1 aromatic heterocycles. The molecule has 3 rings (SSSR count). The molecule has 1 aromatic rings. The average Bonchev–Trinajstić information content (AvgIpc) is 2.34. The Labute approximate surface area is 109 Å². The summed E-state index contributed by atoms with van der Waals surface area (Å²) in [5, 5.41) is 0. The normalized spacial score (nSPS) is 26.7. The summed E-state index contributed by atoms with van der Waals surface area (Å²) < 4.78 is 0. The number of nitrogens with two attached hydrogens (primary N) is 1. The molecular weight excluding hydrogens is 222 g/mol. The fraction of sp³-hybridized carbons (Fsp3) is 0.667. The maximum Gasteiger partial charge on any atom is 0.131 e. The van der Waals surface area contributed by atoms with Crippen LogP contribution >= 0.6 is 0 Å². The second-order valence-electron chi connectivity index (χ2n) is 5.95. The lowest BCUT2D eigenvalue weighted by Gasteiger charge is -2.32. The van der Waals surface area contributed by atoms with E-state index in [0.29, 0.717) is 6.04 Å². The lowest BCUT2D eigenvalue weighted by molar-refractivity contribution is 0.249. The molecule has 0 radical (unpaired) electrons. The topological polar surface area (TPSA) is 42.1 Å². The molecule has 98 valence electrons. The number of fused-ring (bicyclic) bond motifs is 1. The van der Waals surface area contributed by atoms with Crippen LogP contribution < -0.4 is 10.6 Å². The third-order valence-electron chi connectivity index (χ3n) is 4.40. The molecule has 18 heavy (non-hydrogen) atoms. The molecule has 0 unspecified atom stereocenters. The van der Waals surface area contributed by atoms with Crippen molar-refractivity contribution in [2.24, 2.45) is 11.7 Å². The predicted octanol–water partition coefficient (Wildman–Crippen LogP) is 2.13. The van der Waals surface area contributed by atoms with Gasteiger partial charge in [-0.1, -0.05) is 6.07 Å². The Morgan fingerprint density at radius 1 is 1.39 bits per heavy atom. The number of pyridine rings is 1. The van der Waals surface area contributed by atoms with E-state index in [1.54, 1.807) is 0 Å². The van der Waals surface area contributed by atoms with Gasteiger partial charge in [-0.25, -0.2) is 4.98 Å². The highest BCUT2D eigenvalue weighted by Crippen LogP contribution is 2.30. The minimum absolute atomic E-state index is 0.470. The van der Waals surface area contributed by atoms with Crippen LogP contribution in [0.2, 0.25) is 0 Å². The van der Waals surface area contributed by atoms with Gasteiger partial charge in [0.2, 0.25) is 0 Å². The average molecular weight is 245 g/mol. The third kappa shape index (κ3) is 2.37. The first-order valence-corrected chi connectivity index (χ1v) is 7.18. The second-order valence-corrected chi connectivity index (χ2v) is 5.95. The van der Waals surface area contributed by atoms with E-state index in [9.17, 15) is 0 Å². The van der Waals surface area contributed by atoms with Gasteiger partial charge in [-0.3, -0.25) is 0 Å². The molecule has 1 saturated carbocycles. The number of hydrogen-bond acceptors (Lipinski definition) is 3. The first-order chi connectivity index (χ1) is 8.72. The lowest BCUT2D eigenvalue weighted by Crippen LogP contribution is -2.36. The summed E-state index contributed by atoms with van der Waals surface area (Å²) in [6.07, 6.45) is 7.23. The summed E-state index contributed by atoms with van der Waals surface area (Å²) in [6, 6.07) is 4.97. The standard InChI is InChI=1S/C15H23N3/c1-18-8-2-3-12-5-7-14(17-15(12)18)6-4-11-9-13(16)10-11/h5,7,11,13H,2-4,6,8-10,16H2,1H3. The van der Waals surface area contributed by atoms with Crippen molar-refractivity contribution in [3.63, 3.8) is 0 Å². The van der Waals surface area contributed by atoms with Crippen molar-refractivity contribution in [3.8, 4) is 0 Å². The van der Waals surface area contributed by atoms with Crippen LogP contribution in [-0.4, -0.2) is 24.6 Å². The minimum Gasteiger partial charge on any atom is -0.359 e. The van der Waals surface area contributed by atoms with Crippen LogP contribution in [0.4, 0.5) is 5.82 Å². The molecule has 1 fully saturated rings. The van der Waals surface area contributed by atoms with Crippen molar-refractivity contribution in [2.45, 2.75) is 44.6 Å². The highest BCUT2D eigenvalue weighted by Gasteiger charge is 2.25. The zero-order chi connectivity index (χ0) is 12.5. The van der Waals surface area contributed by atoms with Crippen molar-refractivity contribution < 1.29 is 0 Å². The molecule has 0 atom stereocenters. The van der Waals surface area contributed by atoms with E-state index in [-0.39, 0.29) is 0 Å². The van der Waals surface area contributed by atoms with Gasteiger partial charge in [-0.2, -0.15) is 0 Å². The van der Waals surface area contributed by atoms with Crippen molar-refractivity contribution in [1.29, 1.82) is 0 Å². The van der Waals surface area contributed by atoms with E-state index in [1.807, 2.05) is 0 Å². The van der Waals surface area contributed by atoms with Crippen LogP contribution in [0.3, 0.4) is 0 Å². The molecule has 0 amide bonds. The van der Waals surface area contributed by atoms with Crippen LogP contribution in [0.5, 0.6) is 0 Å². The monoisotopic (exact) mass is 245 g/mol. The Bertz CT molecular complexity index is 424. The molecule has 3 nitrogen and oxygen atoms in total. The Morgan fingerprint density at radius 3 is 3.00 bits per heavy atom. The van der Waals surface area contributed by atoms with Gasteiger partial charge in [-0.15, -0.1) is 0 Å². The highest BCUT2D eigenvalue weighted by atomic mass is 15.2. The zero-order valence-electron chi connectivity index (χ0n) is 11.2. The molecule has 1 aliphatic carbocycles. The van der Waals surface area contributed by atoms with Gasteiger partial charge in [0.05, 0.1) is 0 Å². The highest BCUT2D eigenvalue weighted by molar-refractivity contribution is 5.49. The molecule has 2 N–H and O–H groups in total. The summed E-state index contributed by atoms with van der Waals surface area (Å²) in [5.41, 5.74) is 8.49. The molecule has 1 aliphatic heterocycles. The van der Waals surface area contributed by atoms with Gasteiger partial charge in [0.1, 0.15) is 5.82 Å². The second kappa shape index (κ2) is 4.88. The first kappa shape index (κ1) is 12.0. The number of aromatic nitrogens is 1. The van der Waals surface area contributed by atoms with Crippen LogP contribution in [-0.2, 0) is 12.8 Å². The Kier molecular flexibility index (Phi) is 3.25. The van der Waals surface area contributed by atoms with Crippen molar-refractivity contribution >= 4 is 5.82 Å². The van der Waals surface area contributed by atoms with Gasteiger partial charge >= 0.3 is 0 Å².